The van der Waals surface area contributed by atoms with E-state index in [1.54, 1.807) is 42.6 Å². The van der Waals surface area contributed by atoms with Gasteiger partial charge < -0.3 is 4.74 Å². The Labute approximate surface area is 163 Å². The zero-order valence-corrected chi connectivity index (χ0v) is 15.6. The Morgan fingerprint density at radius 2 is 1.81 bits per heavy atom. The van der Waals surface area contributed by atoms with Gasteiger partial charge in [-0.25, -0.2) is 5.43 Å². The molecule has 0 aliphatic heterocycles. The summed E-state index contributed by atoms with van der Waals surface area (Å²) in [6.07, 6.45) is 1.54. The van der Waals surface area contributed by atoms with Gasteiger partial charge in [-0.3, -0.25) is 4.79 Å². The van der Waals surface area contributed by atoms with Gasteiger partial charge in [-0.1, -0.05) is 53.6 Å². The van der Waals surface area contributed by atoms with Crippen LogP contribution in [0.3, 0.4) is 0 Å². The molecule has 0 spiro atoms. The molecule has 3 rings (SSSR count). The summed E-state index contributed by atoms with van der Waals surface area (Å²) < 4.78 is 5.74. The first-order chi connectivity index (χ1) is 13.1. The molecule has 0 unspecified atom stereocenters. The number of benzene rings is 3. The maximum atomic E-state index is 12.1. The summed E-state index contributed by atoms with van der Waals surface area (Å²) in [5.74, 6) is 0.410. The van der Waals surface area contributed by atoms with E-state index in [1.165, 1.54) is 5.56 Å². The van der Waals surface area contributed by atoms with Crippen LogP contribution in [0.2, 0.25) is 5.02 Å². The van der Waals surface area contributed by atoms with Crippen molar-refractivity contribution in [1.29, 1.82) is 0 Å². The lowest BCUT2D eigenvalue weighted by Crippen LogP contribution is -2.17. The topological polar surface area (TPSA) is 50.7 Å². The van der Waals surface area contributed by atoms with Crippen LogP contribution in [0.25, 0.3) is 0 Å². The molecule has 1 N–H and O–H groups in total. The van der Waals surface area contributed by atoms with Crippen LogP contribution < -0.4 is 10.2 Å². The maximum absolute atomic E-state index is 12.1. The van der Waals surface area contributed by atoms with Crippen molar-refractivity contribution < 1.29 is 9.53 Å². The van der Waals surface area contributed by atoms with Crippen LogP contribution in [-0.2, 0) is 6.61 Å². The summed E-state index contributed by atoms with van der Waals surface area (Å²) in [5.41, 5.74) is 6.12. The number of nitrogens with one attached hydrogen (secondary N) is 1. The minimum absolute atomic E-state index is 0.293. The van der Waals surface area contributed by atoms with Crippen molar-refractivity contribution in [2.45, 2.75) is 13.5 Å². The van der Waals surface area contributed by atoms with E-state index in [4.69, 9.17) is 16.3 Å². The van der Waals surface area contributed by atoms with Gasteiger partial charge in [-0.2, -0.15) is 5.10 Å². The molecule has 0 radical (unpaired) electrons. The van der Waals surface area contributed by atoms with Crippen molar-refractivity contribution in [3.05, 3.63) is 100 Å². The van der Waals surface area contributed by atoms with Gasteiger partial charge in [-0.05, 0) is 54.4 Å². The van der Waals surface area contributed by atoms with Crippen LogP contribution >= 0.6 is 11.6 Å². The van der Waals surface area contributed by atoms with Crippen molar-refractivity contribution >= 4 is 23.7 Å². The average molecular weight is 379 g/mol. The Kier molecular flexibility index (Phi) is 6.23. The molecule has 136 valence electrons. The number of rotatable bonds is 6. The number of nitrogens with zero attached hydrogens (tertiary/aromatic N) is 1. The lowest BCUT2D eigenvalue weighted by Gasteiger charge is -2.07. The van der Waals surface area contributed by atoms with Crippen molar-refractivity contribution in [3.63, 3.8) is 0 Å². The number of halogens is 1. The van der Waals surface area contributed by atoms with Crippen molar-refractivity contribution in [2.75, 3.05) is 0 Å². The van der Waals surface area contributed by atoms with E-state index in [-0.39, 0.29) is 5.91 Å². The molecule has 3 aromatic rings. The van der Waals surface area contributed by atoms with E-state index in [2.05, 4.69) is 22.7 Å². The van der Waals surface area contributed by atoms with Crippen LogP contribution in [0.1, 0.15) is 27.0 Å². The summed E-state index contributed by atoms with van der Waals surface area (Å²) in [6, 6.07) is 22.3. The summed E-state index contributed by atoms with van der Waals surface area (Å²) in [4.78, 5) is 12.1. The highest BCUT2D eigenvalue weighted by atomic mass is 35.5. The number of amides is 1. The van der Waals surface area contributed by atoms with Crippen LogP contribution in [-0.4, -0.2) is 12.1 Å². The predicted molar refractivity (Wildman–Crippen MR) is 108 cm³/mol. The number of hydrogen-bond acceptors (Lipinski definition) is 3. The standard InChI is InChI=1S/C22H19ClN2O2/c1-16-5-7-17(8-6-16)15-27-21-11-9-19(10-12-21)22(26)25-24-14-18-3-2-4-20(23)13-18/h2-14H,15H2,1H3,(H,25,26)/b24-14-. The van der Waals surface area contributed by atoms with E-state index in [9.17, 15) is 4.79 Å². The number of carbonyl (C=O) groups is 1. The van der Waals surface area contributed by atoms with Gasteiger partial charge >= 0.3 is 0 Å². The summed E-state index contributed by atoms with van der Waals surface area (Å²) in [5, 5.41) is 4.57. The van der Waals surface area contributed by atoms with Gasteiger partial charge in [0.2, 0.25) is 0 Å². The Hall–Kier alpha value is -3.11. The third-order valence-electron chi connectivity index (χ3n) is 3.87. The zero-order valence-electron chi connectivity index (χ0n) is 14.9. The van der Waals surface area contributed by atoms with Crippen molar-refractivity contribution in [2.24, 2.45) is 5.10 Å². The van der Waals surface area contributed by atoms with Crippen LogP contribution in [0.15, 0.2) is 77.9 Å². The number of hydrogen-bond donors (Lipinski definition) is 1. The molecule has 0 heterocycles. The number of ether oxygens (including phenoxy) is 1. The van der Waals surface area contributed by atoms with E-state index in [0.29, 0.717) is 22.9 Å². The fourth-order valence-corrected chi connectivity index (χ4v) is 2.57. The highest BCUT2D eigenvalue weighted by Crippen LogP contribution is 2.15. The molecular formula is C22H19ClN2O2. The molecular weight excluding hydrogens is 360 g/mol. The van der Waals surface area contributed by atoms with Gasteiger partial charge in [-0.15, -0.1) is 0 Å². The first kappa shape index (κ1) is 18.7. The SMILES string of the molecule is Cc1ccc(COc2ccc(C(=O)N/N=C\c3cccc(Cl)c3)cc2)cc1. The van der Waals surface area contributed by atoms with Crippen LogP contribution in [0, 0.1) is 6.92 Å². The molecule has 0 saturated heterocycles. The lowest BCUT2D eigenvalue weighted by atomic mass is 10.2. The molecule has 3 aromatic carbocycles. The molecule has 0 fully saturated rings. The average Bonchev–Trinajstić information content (AvgIpc) is 2.68. The maximum Gasteiger partial charge on any atom is 0.271 e. The second kappa shape index (κ2) is 9.01. The summed E-state index contributed by atoms with van der Waals surface area (Å²) in [6.45, 7) is 2.53. The number of aryl methyl sites for hydroxylation is 1. The fraction of sp³-hybridized carbons (Fsp3) is 0.0909. The first-order valence-corrected chi connectivity index (χ1v) is 8.85. The predicted octanol–water partition coefficient (Wildman–Crippen LogP) is 4.99. The highest BCUT2D eigenvalue weighted by Gasteiger charge is 2.04. The molecule has 0 atom stereocenters. The smallest absolute Gasteiger partial charge is 0.271 e. The molecule has 1 amide bonds. The Balaban J connectivity index is 1.53. The van der Waals surface area contributed by atoms with Crippen molar-refractivity contribution in [3.8, 4) is 5.75 Å². The van der Waals surface area contributed by atoms with Crippen LogP contribution in [0.5, 0.6) is 5.75 Å². The second-order valence-electron chi connectivity index (χ2n) is 6.05. The third-order valence-corrected chi connectivity index (χ3v) is 4.11. The normalized spacial score (nSPS) is 10.7. The van der Waals surface area contributed by atoms with E-state index < -0.39 is 0 Å². The Morgan fingerprint density at radius 3 is 2.52 bits per heavy atom. The van der Waals surface area contributed by atoms with E-state index in [1.807, 2.05) is 31.2 Å². The zero-order chi connectivity index (χ0) is 19.1. The number of hydrazone groups is 1. The molecule has 0 bridgehead atoms. The van der Waals surface area contributed by atoms with Gasteiger partial charge in [0.25, 0.3) is 5.91 Å². The Morgan fingerprint density at radius 1 is 1.07 bits per heavy atom. The van der Waals surface area contributed by atoms with Crippen LogP contribution in [0.4, 0.5) is 0 Å². The molecule has 4 nitrogen and oxygen atoms in total. The van der Waals surface area contributed by atoms with Gasteiger partial charge in [0.15, 0.2) is 0 Å². The monoisotopic (exact) mass is 378 g/mol. The highest BCUT2D eigenvalue weighted by molar-refractivity contribution is 6.30. The molecule has 5 heteroatoms. The third kappa shape index (κ3) is 5.69. The molecule has 0 aliphatic carbocycles. The van der Waals surface area contributed by atoms with Gasteiger partial charge in [0, 0.05) is 10.6 Å². The lowest BCUT2D eigenvalue weighted by molar-refractivity contribution is 0.0955. The van der Waals surface area contributed by atoms with Crippen molar-refractivity contribution in [1.82, 2.24) is 5.43 Å². The molecule has 0 aromatic heterocycles. The number of carbonyl (C=O) groups excluding carboxylic acids is 1. The van der Waals surface area contributed by atoms with E-state index >= 15 is 0 Å². The quantitative estimate of drug-likeness (QED) is 0.485. The van der Waals surface area contributed by atoms with Gasteiger partial charge in [0.05, 0.1) is 6.21 Å². The Bertz CT molecular complexity index is 935. The molecule has 0 aliphatic rings. The fourth-order valence-electron chi connectivity index (χ4n) is 2.37. The molecule has 0 saturated carbocycles. The summed E-state index contributed by atoms with van der Waals surface area (Å²) >= 11 is 5.91. The minimum atomic E-state index is -0.293. The summed E-state index contributed by atoms with van der Waals surface area (Å²) in [7, 11) is 0. The second-order valence-corrected chi connectivity index (χ2v) is 6.49. The first-order valence-electron chi connectivity index (χ1n) is 8.47. The molecule has 27 heavy (non-hydrogen) atoms. The van der Waals surface area contributed by atoms with E-state index in [0.717, 1.165) is 11.1 Å². The van der Waals surface area contributed by atoms with Gasteiger partial charge in [0.1, 0.15) is 12.4 Å². The largest absolute Gasteiger partial charge is 0.489 e. The minimum Gasteiger partial charge on any atom is -0.489 e.